The summed E-state index contributed by atoms with van der Waals surface area (Å²) >= 11 is 1.48. The molecule has 7 heteroatoms. The van der Waals surface area contributed by atoms with Gasteiger partial charge in [-0.1, -0.05) is 31.5 Å². The molecule has 0 spiro atoms. The summed E-state index contributed by atoms with van der Waals surface area (Å²) in [7, 11) is 4.02. The van der Waals surface area contributed by atoms with Crippen molar-refractivity contribution >= 4 is 17.2 Å². The zero-order chi connectivity index (χ0) is 19.7. The molecule has 4 rings (SSSR count). The van der Waals surface area contributed by atoms with Crippen LogP contribution in [0.15, 0.2) is 48.1 Å². The fourth-order valence-corrected chi connectivity index (χ4v) is 4.67. The van der Waals surface area contributed by atoms with Crippen molar-refractivity contribution in [2.45, 2.75) is 19.4 Å². The van der Waals surface area contributed by atoms with Gasteiger partial charge >= 0.3 is 0 Å². The third-order valence-electron chi connectivity index (χ3n) is 5.50. The van der Waals surface area contributed by atoms with E-state index in [4.69, 9.17) is 0 Å². The zero-order valence-electron chi connectivity index (χ0n) is 16.4. The van der Waals surface area contributed by atoms with E-state index in [-0.39, 0.29) is 11.9 Å². The lowest BCUT2D eigenvalue weighted by molar-refractivity contribution is 0.0700. The summed E-state index contributed by atoms with van der Waals surface area (Å²) in [6, 6.07) is 10.2. The van der Waals surface area contributed by atoms with Crippen molar-refractivity contribution in [1.29, 1.82) is 0 Å². The van der Waals surface area contributed by atoms with Gasteiger partial charge in [-0.2, -0.15) is 5.10 Å². The van der Waals surface area contributed by atoms with Gasteiger partial charge in [0.05, 0.1) is 11.9 Å². The minimum atomic E-state index is -0.00305. The number of hydrogen-bond donors (Lipinski definition) is 0. The fourth-order valence-electron chi connectivity index (χ4n) is 3.90. The molecule has 0 saturated carbocycles. The Morgan fingerprint density at radius 3 is 2.82 bits per heavy atom. The second-order valence-electron chi connectivity index (χ2n) is 7.42. The van der Waals surface area contributed by atoms with Crippen molar-refractivity contribution in [3.8, 4) is 16.3 Å². The molecule has 2 atom stereocenters. The number of para-hydroxylation sites is 1. The summed E-state index contributed by atoms with van der Waals surface area (Å²) in [4.78, 5) is 21.8. The molecule has 6 nitrogen and oxygen atoms in total. The molecule has 1 amide bonds. The first kappa shape index (κ1) is 18.8. The maximum atomic E-state index is 13.0. The van der Waals surface area contributed by atoms with Crippen LogP contribution in [-0.4, -0.2) is 63.7 Å². The minimum absolute atomic E-state index is 0.00305. The van der Waals surface area contributed by atoms with E-state index in [1.165, 1.54) is 11.3 Å². The van der Waals surface area contributed by atoms with Gasteiger partial charge in [-0.25, -0.2) is 9.67 Å². The molecule has 1 saturated heterocycles. The van der Waals surface area contributed by atoms with Gasteiger partial charge in [-0.15, -0.1) is 11.3 Å². The van der Waals surface area contributed by atoms with Crippen molar-refractivity contribution in [3.63, 3.8) is 0 Å². The largest absolute Gasteiger partial charge is 0.336 e. The second kappa shape index (κ2) is 7.85. The van der Waals surface area contributed by atoms with Crippen LogP contribution in [0.25, 0.3) is 16.3 Å². The van der Waals surface area contributed by atoms with Crippen LogP contribution >= 0.6 is 11.3 Å². The van der Waals surface area contributed by atoms with Crippen LogP contribution < -0.4 is 0 Å². The first-order valence-corrected chi connectivity index (χ1v) is 10.5. The number of amides is 1. The number of likely N-dealkylation sites (tertiary alicyclic amines) is 1. The van der Waals surface area contributed by atoms with Crippen LogP contribution in [-0.2, 0) is 0 Å². The maximum Gasteiger partial charge on any atom is 0.273 e. The van der Waals surface area contributed by atoms with Gasteiger partial charge in [0.2, 0.25) is 0 Å². The first-order chi connectivity index (χ1) is 13.6. The number of carbonyl (C=O) groups is 1. The van der Waals surface area contributed by atoms with E-state index in [0.29, 0.717) is 11.6 Å². The number of hydrogen-bond acceptors (Lipinski definition) is 5. The Balaban J connectivity index is 1.51. The van der Waals surface area contributed by atoms with Crippen LogP contribution in [0.4, 0.5) is 0 Å². The topological polar surface area (TPSA) is 54.3 Å². The highest BCUT2D eigenvalue weighted by Gasteiger charge is 2.35. The maximum absolute atomic E-state index is 13.0. The third-order valence-corrected chi connectivity index (χ3v) is 6.40. The van der Waals surface area contributed by atoms with Gasteiger partial charge in [-0.05, 0) is 25.1 Å². The van der Waals surface area contributed by atoms with Crippen LogP contribution in [0, 0.1) is 5.92 Å². The van der Waals surface area contributed by atoms with E-state index in [1.54, 1.807) is 6.20 Å². The van der Waals surface area contributed by atoms with Crippen molar-refractivity contribution in [2.24, 2.45) is 5.92 Å². The first-order valence-electron chi connectivity index (χ1n) is 9.58. The standard InChI is InChI=1S/C21H25N5OS/c1-4-15-11-24(2)13-19(15)25(3)21(27)18-14-28-20(23-18)16-10-22-26(12-16)17-8-6-5-7-9-17/h5-10,12,14-15,19H,4,11,13H2,1-3H3. The van der Waals surface area contributed by atoms with E-state index in [1.807, 2.05) is 58.5 Å². The number of carbonyl (C=O) groups excluding carboxylic acids is 1. The van der Waals surface area contributed by atoms with Crippen LogP contribution in [0.2, 0.25) is 0 Å². The van der Waals surface area contributed by atoms with Crippen molar-refractivity contribution in [1.82, 2.24) is 24.6 Å². The Bertz CT molecular complexity index is 951. The van der Waals surface area contributed by atoms with Gasteiger partial charge in [-0.3, -0.25) is 4.79 Å². The Morgan fingerprint density at radius 1 is 1.29 bits per heavy atom. The number of likely N-dealkylation sites (N-methyl/N-ethyl adjacent to an activating group) is 2. The van der Waals surface area contributed by atoms with Crippen LogP contribution in [0.1, 0.15) is 23.8 Å². The van der Waals surface area contributed by atoms with Crippen molar-refractivity contribution in [3.05, 3.63) is 53.8 Å². The van der Waals surface area contributed by atoms with Gasteiger partial charge in [0, 0.05) is 43.3 Å². The Kier molecular flexibility index (Phi) is 5.28. The molecule has 1 fully saturated rings. The normalized spacial score (nSPS) is 19.8. The van der Waals surface area contributed by atoms with Crippen molar-refractivity contribution in [2.75, 3.05) is 27.2 Å². The number of nitrogens with zero attached hydrogens (tertiary/aromatic N) is 5. The van der Waals surface area contributed by atoms with E-state index < -0.39 is 0 Å². The molecule has 3 aromatic rings. The Labute approximate surface area is 169 Å². The molecule has 0 N–H and O–H groups in total. The quantitative estimate of drug-likeness (QED) is 0.664. The second-order valence-corrected chi connectivity index (χ2v) is 8.28. The van der Waals surface area contributed by atoms with E-state index in [9.17, 15) is 4.79 Å². The predicted octanol–water partition coefficient (Wildman–Crippen LogP) is 3.41. The molecule has 0 radical (unpaired) electrons. The molecule has 2 aromatic heterocycles. The highest BCUT2D eigenvalue weighted by Crippen LogP contribution is 2.27. The lowest BCUT2D eigenvalue weighted by Crippen LogP contribution is -2.42. The van der Waals surface area contributed by atoms with Gasteiger partial charge in [0.25, 0.3) is 5.91 Å². The van der Waals surface area contributed by atoms with Crippen LogP contribution in [0.5, 0.6) is 0 Å². The monoisotopic (exact) mass is 395 g/mol. The summed E-state index contributed by atoms with van der Waals surface area (Å²) in [6.45, 7) is 4.15. The molecule has 0 bridgehead atoms. The molecule has 1 aromatic carbocycles. The van der Waals surface area contributed by atoms with E-state index >= 15 is 0 Å². The molecule has 146 valence electrons. The molecule has 0 aliphatic carbocycles. The van der Waals surface area contributed by atoms with E-state index in [2.05, 4.69) is 29.0 Å². The average molecular weight is 396 g/mol. The molecule has 2 unspecified atom stereocenters. The Morgan fingerprint density at radius 2 is 2.07 bits per heavy atom. The predicted molar refractivity (Wildman–Crippen MR) is 112 cm³/mol. The van der Waals surface area contributed by atoms with E-state index in [0.717, 1.165) is 35.8 Å². The summed E-state index contributed by atoms with van der Waals surface area (Å²) in [5, 5.41) is 7.10. The molecule has 1 aliphatic heterocycles. The lowest BCUT2D eigenvalue weighted by atomic mass is 9.99. The highest BCUT2D eigenvalue weighted by atomic mass is 32.1. The zero-order valence-corrected chi connectivity index (χ0v) is 17.3. The molecule has 1 aliphatic rings. The number of benzene rings is 1. The molecule has 3 heterocycles. The smallest absolute Gasteiger partial charge is 0.273 e. The fraction of sp³-hybridized carbons (Fsp3) is 0.381. The number of aromatic nitrogens is 3. The SMILES string of the molecule is CCC1CN(C)CC1N(C)C(=O)c1csc(-c2cnn(-c3ccccc3)c2)n1. The molecule has 28 heavy (non-hydrogen) atoms. The Hall–Kier alpha value is -2.51. The average Bonchev–Trinajstić information content (AvgIpc) is 3.46. The lowest BCUT2D eigenvalue weighted by Gasteiger charge is -2.28. The summed E-state index contributed by atoms with van der Waals surface area (Å²) in [6.07, 6.45) is 4.82. The molecular formula is C21H25N5OS. The molecular weight excluding hydrogens is 370 g/mol. The summed E-state index contributed by atoms with van der Waals surface area (Å²) in [5.74, 6) is 0.512. The van der Waals surface area contributed by atoms with Crippen LogP contribution in [0.3, 0.4) is 0 Å². The van der Waals surface area contributed by atoms with Gasteiger partial charge in [0.1, 0.15) is 10.7 Å². The van der Waals surface area contributed by atoms with Gasteiger partial charge < -0.3 is 9.80 Å². The minimum Gasteiger partial charge on any atom is -0.336 e. The summed E-state index contributed by atoms with van der Waals surface area (Å²) in [5.41, 5.74) is 2.43. The van der Waals surface area contributed by atoms with Crippen molar-refractivity contribution < 1.29 is 4.79 Å². The number of rotatable bonds is 5. The number of thiazole rings is 1. The summed E-state index contributed by atoms with van der Waals surface area (Å²) < 4.78 is 1.82. The third kappa shape index (κ3) is 3.59. The van der Waals surface area contributed by atoms with Gasteiger partial charge in [0.15, 0.2) is 0 Å². The highest BCUT2D eigenvalue weighted by molar-refractivity contribution is 7.13.